The van der Waals surface area contributed by atoms with Gasteiger partial charge in [-0.25, -0.2) is 4.79 Å². The van der Waals surface area contributed by atoms with Gasteiger partial charge in [0.2, 0.25) is 11.6 Å². The summed E-state index contributed by atoms with van der Waals surface area (Å²) in [4.78, 5) is 35.0. The van der Waals surface area contributed by atoms with Crippen molar-refractivity contribution in [1.29, 1.82) is 0 Å². The molecule has 5 aliphatic carbocycles. The van der Waals surface area contributed by atoms with Gasteiger partial charge < -0.3 is 14.2 Å². The first kappa shape index (κ1) is 24.1. The zero-order valence-electron chi connectivity index (χ0n) is 21.1. The largest absolute Gasteiger partial charge is 0.519 e. The molecule has 0 unspecified atom stereocenters. The Balaban J connectivity index is 1.02. The van der Waals surface area contributed by atoms with Crippen molar-refractivity contribution in [2.45, 2.75) is 75.3 Å². The van der Waals surface area contributed by atoms with Crippen molar-refractivity contribution < 1.29 is 33.7 Å². The maximum Gasteiger partial charge on any atom is 0.519 e. The van der Waals surface area contributed by atoms with Gasteiger partial charge in [-0.1, -0.05) is 12.1 Å². The minimum atomic E-state index is -0.907. The lowest BCUT2D eigenvalue weighted by Crippen LogP contribution is -2.59. The summed E-state index contributed by atoms with van der Waals surface area (Å²) in [5, 5.41) is 10.8. The Morgan fingerprint density at radius 2 is 1.63 bits per heavy atom. The summed E-state index contributed by atoms with van der Waals surface area (Å²) < 4.78 is 17.5. The van der Waals surface area contributed by atoms with Crippen LogP contribution < -0.4 is 9.47 Å². The predicted octanol–water partition coefficient (Wildman–Crippen LogP) is 6.66. The van der Waals surface area contributed by atoms with Crippen molar-refractivity contribution in [2.24, 2.45) is 23.7 Å². The standard InChI is InChI=1S/C29H31NO8/c31-27(34-25-8-6-24(7-9-25)30(32)33)35-26-5-1-3-20(16-26)21-4-2-10-28(17-21)36-29(38-37-28)22-12-18-11-19(14-22)15-23(29)13-18/h1,3,5-9,16,18-19,21-23H,2,4,10-15,17H2/t18?,19?,21-,22?,23?,28-,29?/m1/s1. The van der Waals surface area contributed by atoms with Crippen LogP contribution in [0.2, 0.25) is 0 Å². The molecule has 9 nitrogen and oxygen atoms in total. The lowest BCUT2D eigenvalue weighted by molar-refractivity contribution is -0.390. The van der Waals surface area contributed by atoms with Crippen LogP contribution in [0.5, 0.6) is 11.5 Å². The molecular formula is C29H31NO8. The van der Waals surface area contributed by atoms with E-state index in [0.29, 0.717) is 24.0 Å². The summed E-state index contributed by atoms with van der Waals surface area (Å²) in [6.45, 7) is 0. The molecule has 0 aromatic heterocycles. The second-order valence-corrected chi connectivity index (χ2v) is 11.8. The number of nitro groups is 1. The smallest absolute Gasteiger partial charge is 0.395 e. The number of rotatable bonds is 4. The number of carbonyl (C=O) groups excluding carboxylic acids is 1. The highest BCUT2D eigenvalue weighted by molar-refractivity contribution is 5.67. The van der Waals surface area contributed by atoms with E-state index in [1.165, 1.54) is 56.4 Å². The Labute approximate surface area is 220 Å². The van der Waals surface area contributed by atoms with Crippen LogP contribution in [0.1, 0.15) is 69.3 Å². The van der Waals surface area contributed by atoms with E-state index in [2.05, 4.69) is 0 Å². The summed E-state index contributed by atoms with van der Waals surface area (Å²) >= 11 is 0. The predicted molar refractivity (Wildman–Crippen MR) is 133 cm³/mol. The lowest BCUT2D eigenvalue weighted by Gasteiger charge is -2.57. The summed E-state index contributed by atoms with van der Waals surface area (Å²) in [6, 6.07) is 12.7. The van der Waals surface area contributed by atoms with Crippen LogP contribution in [0.25, 0.3) is 0 Å². The highest BCUT2D eigenvalue weighted by Gasteiger charge is 2.67. The maximum absolute atomic E-state index is 12.4. The molecule has 6 fully saturated rings. The van der Waals surface area contributed by atoms with Gasteiger partial charge in [0.05, 0.1) is 4.92 Å². The normalized spacial score (nSPS) is 37.0. The highest BCUT2D eigenvalue weighted by Crippen LogP contribution is 2.64. The number of ether oxygens (including phenoxy) is 3. The molecule has 2 aromatic rings. The number of hydrogen-bond donors (Lipinski definition) is 0. The molecule has 4 bridgehead atoms. The molecule has 6 aliphatic rings. The zero-order chi connectivity index (χ0) is 25.9. The first-order chi connectivity index (χ1) is 18.4. The maximum atomic E-state index is 12.4. The van der Waals surface area contributed by atoms with Crippen molar-refractivity contribution in [3.05, 3.63) is 64.2 Å². The van der Waals surface area contributed by atoms with Gasteiger partial charge in [-0.15, -0.1) is 0 Å². The fraction of sp³-hybridized carbons (Fsp3) is 0.552. The van der Waals surface area contributed by atoms with E-state index < -0.39 is 22.7 Å². The molecule has 38 heavy (non-hydrogen) atoms. The van der Waals surface area contributed by atoms with E-state index in [0.717, 1.165) is 36.7 Å². The van der Waals surface area contributed by atoms with E-state index in [4.69, 9.17) is 24.0 Å². The fourth-order valence-corrected chi connectivity index (χ4v) is 7.94. The SMILES string of the molecule is O=C(Oc1ccc([N+](=O)[O-])cc1)Oc1cccc([C@@H]2CCC[C@]3(C2)OOC2(O3)C3CC4CC(C3)CC2C4)c1. The lowest BCUT2D eigenvalue weighted by atomic mass is 9.53. The Morgan fingerprint density at radius 1 is 0.921 bits per heavy atom. The average molecular weight is 522 g/mol. The number of non-ortho nitro benzene ring substituents is 1. The minimum absolute atomic E-state index is 0.0847. The number of hydrogen-bond acceptors (Lipinski definition) is 8. The Morgan fingerprint density at radius 3 is 2.34 bits per heavy atom. The fourth-order valence-electron chi connectivity index (χ4n) is 7.94. The average Bonchev–Trinajstić information content (AvgIpc) is 3.26. The van der Waals surface area contributed by atoms with E-state index >= 15 is 0 Å². The number of carbonyl (C=O) groups is 1. The summed E-state index contributed by atoms with van der Waals surface area (Å²) in [5.74, 6) is 1.90. The Kier molecular flexibility index (Phi) is 5.72. The topological polar surface area (TPSA) is 106 Å². The Hall–Kier alpha value is -3.01. The van der Waals surface area contributed by atoms with Crippen LogP contribution in [0.15, 0.2) is 48.5 Å². The molecule has 0 N–H and O–H groups in total. The van der Waals surface area contributed by atoms with Crippen LogP contribution in [-0.2, 0) is 14.5 Å². The van der Waals surface area contributed by atoms with E-state index in [1.54, 1.807) is 6.07 Å². The molecule has 2 aromatic carbocycles. The quantitative estimate of drug-likeness (QED) is 0.145. The van der Waals surface area contributed by atoms with Gasteiger partial charge >= 0.3 is 6.16 Å². The molecular weight excluding hydrogens is 490 g/mol. The second-order valence-electron chi connectivity index (χ2n) is 11.8. The molecule has 2 atom stereocenters. The van der Waals surface area contributed by atoms with Crippen LogP contribution in [0, 0.1) is 33.8 Å². The molecule has 5 saturated carbocycles. The van der Waals surface area contributed by atoms with Gasteiger partial charge in [0.1, 0.15) is 11.5 Å². The zero-order valence-corrected chi connectivity index (χ0v) is 21.1. The van der Waals surface area contributed by atoms with Crippen LogP contribution in [-0.4, -0.2) is 22.7 Å². The minimum Gasteiger partial charge on any atom is -0.395 e. The van der Waals surface area contributed by atoms with Gasteiger partial charge in [-0.2, -0.15) is 9.78 Å². The van der Waals surface area contributed by atoms with Crippen molar-refractivity contribution in [3.63, 3.8) is 0 Å². The van der Waals surface area contributed by atoms with Crippen molar-refractivity contribution >= 4 is 11.8 Å². The highest BCUT2D eigenvalue weighted by atomic mass is 17.3. The molecule has 0 radical (unpaired) electrons. The number of benzene rings is 2. The van der Waals surface area contributed by atoms with Crippen molar-refractivity contribution in [1.82, 2.24) is 0 Å². The van der Waals surface area contributed by atoms with Gasteiger partial charge in [-0.3, -0.25) is 10.1 Å². The van der Waals surface area contributed by atoms with Gasteiger partial charge in [0.25, 0.3) is 5.69 Å². The van der Waals surface area contributed by atoms with Crippen molar-refractivity contribution in [2.75, 3.05) is 0 Å². The molecule has 200 valence electrons. The first-order valence-electron chi connectivity index (χ1n) is 13.7. The molecule has 1 saturated heterocycles. The van der Waals surface area contributed by atoms with E-state index in [1.807, 2.05) is 18.2 Å². The number of nitrogens with zero attached hydrogens (tertiary/aromatic N) is 1. The van der Waals surface area contributed by atoms with Gasteiger partial charge in [0, 0.05) is 36.8 Å². The third-order valence-corrected chi connectivity index (χ3v) is 9.39. The van der Waals surface area contributed by atoms with Crippen LogP contribution >= 0.6 is 0 Å². The third kappa shape index (κ3) is 4.17. The number of nitro benzene ring substituents is 1. The summed E-state index contributed by atoms with van der Waals surface area (Å²) in [7, 11) is 0. The molecule has 8 rings (SSSR count). The molecule has 1 aliphatic heterocycles. The van der Waals surface area contributed by atoms with Crippen molar-refractivity contribution in [3.8, 4) is 11.5 Å². The first-order valence-corrected chi connectivity index (χ1v) is 13.7. The monoisotopic (exact) mass is 521 g/mol. The van der Waals surface area contributed by atoms with Gasteiger partial charge in [0.15, 0.2) is 0 Å². The summed E-state index contributed by atoms with van der Waals surface area (Å²) in [5.41, 5.74) is 0.960. The molecule has 1 heterocycles. The van der Waals surface area contributed by atoms with Crippen LogP contribution in [0.3, 0.4) is 0 Å². The summed E-state index contributed by atoms with van der Waals surface area (Å²) in [6.07, 6.45) is 8.65. The van der Waals surface area contributed by atoms with Gasteiger partial charge in [-0.05, 0) is 92.5 Å². The molecule has 9 heteroatoms. The van der Waals surface area contributed by atoms with E-state index in [-0.39, 0.29) is 17.4 Å². The third-order valence-electron chi connectivity index (χ3n) is 9.39. The second kappa shape index (κ2) is 9.03. The Bertz CT molecular complexity index is 1220. The van der Waals surface area contributed by atoms with Crippen LogP contribution in [0.4, 0.5) is 10.5 Å². The molecule has 0 amide bonds. The van der Waals surface area contributed by atoms with E-state index in [9.17, 15) is 14.9 Å². The molecule has 2 spiro atoms.